The Morgan fingerprint density at radius 2 is 1.48 bits per heavy atom. The largest absolute Gasteiger partial charge is 0.325 e. The summed E-state index contributed by atoms with van der Waals surface area (Å²) in [5, 5.41) is 3.28. The van der Waals surface area contributed by atoms with Crippen LogP contribution in [0.15, 0.2) is 54.6 Å². The highest BCUT2D eigenvalue weighted by Gasteiger charge is 2.08. The Morgan fingerprint density at radius 1 is 0.840 bits per heavy atom. The van der Waals surface area contributed by atoms with Crippen LogP contribution >= 0.6 is 23.4 Å². The van der Waals surface area contributed by atoms with Crippen molar-refractivity contribution in [3.63, 3.8) is 0 Å². The van der Waals surface area contributed by atoms with Crippen LogP contribution in [0.5, 0.6) is 0 Å². The molecule has 0 heterocycles. The molecule has 2 rings (SSSR count). The zero-order valence-corrected chi connectivity index (χ0v) is 14.7. The second kappa shape index (κ2) is 9.71. The fourth-order valence-electron chi connectivity index (χ4n) is 1.79. The number of hydrogen-bond acceptors (Lipinski definition) is 4. The summed E-state index contributed by atoms with van der Waals surface area (Å²) in [6.07, 6.45) is 0. The molecule has 0 saturated carbocycles. The van der Waals surface area contributed by atoms with Gasteiger partial charge in [-0.2, -0.15) is 0 Å². The van der Waals surface area contributed by atoms with Crippen LogP contribution in [0.25, 0.3) is 0 Å². The molecule has 0 atom stereocenters. The molecule has 0 spiro atoms. The second-order valence-corrected chi connectivity index (χ2v) is 6.34. The quantitative estimate of drug-likeness (QED) is 0.675. The number of carbonyl (C=O) groups excluding carboxylic acids is 3. The molecular weight excluding hydrogens is 362 g/mol. The van der Waals surface area contributed by atoms with Crippen molar-refractivity contribution in [3.05, 3.63) is 65.2 Å². The molecule has 25 heavy (non-hydrogen) atoms. The van der Waals surface area contributed by atoms with Crippen molar-refractivity contribution in [1.82, 2.24) is 10.9 Å². The van der Waals surface area contributed by atoms with Gasteiger partial charge < -0.3 is 5.32 Å². The molecule has 0 saturated heterocycles. The lowest BCUT2D eigenvalue weighted by Gasteiger charge is -2.08. The fraction of sp³-hybridized carbons (Fsp3) is 0.118. The van der Waals surface area contributed by atoms with Gasteiger partial charge in [-0.15, -0.1) is 11.8 Å². The lowest BCUT2D eigenvalue weighted by molar-refractivity contribution is -0.119. The predicted molar refractivity (Wildman–Crippen MR) is 99.5 cm³/mol. The normalized spacial score (nSPS) is 9.96. The third-order valence-electron chi connectivity index (χ3n) is 2.95. The van der Waals surface area contributed by atoms with Crippen LogP contribution in [0.2, 0.25) is 5.02 Å². The van der Waals surface area contributed by atoms with Crippen molar-refractivity contribution in [2.45, 2.75) is 0 Å². The summed E-state index contributed by atoms with van der Waals surface area (Å²) in [6, 6.07) is 15.3. The van der Waals surface area contributed by atoms with Crippen molar-refractivity contribution in [2.24, 2.45) is 0 Å². The highest BCUT2D eigenvalue weighted by molar-refractivity contribution is 8.00. The summed E-state index contributed by atoms with van der Waals surface area (Å²) < 4.78 is 0. The van der Waals surface area contributed by atoms with E-state index in [0.29, 0.717) is 16.3 Å². The van der Waals surface area contributed by atoms with E-state index in [4.69, 9.17) is 11.6 Å². The van der Waals surface area contributed by atoms with Crippen molar-refractivity contribution in [2.75, 3.05) is 16.8 Å². The first-order valence-electron chi connectivity index (χ1n) is 7.32. The van der Waals surface area contributed by atoms with Gasteiger partial charge in [0.2, 0.25) is 11.8 Å². The zero-order valence-electron chi connectivity index (χ0n) is 13.1. The van der Waals surface area contributed by atoms with Crippen LogP contribution in [-0.4, -0.2) is 29.2 Å². The van der Waals surface area contributed by atoms with E-state index in [-0.39, 0.29) is 17.4 Å². The summed E-state index contributed by atoms with van der Waals surface area (Å²) in [5.74, 6) is -0.868. The Labute approximate surface area is 154 Å². The molecule has 0 unspecified atom stereocenters. The Bertz CT molecular complexity index is 739. The molecule has 0 aliphatic heterocycles. The van der Waals surface area contributed by atoms with E-state index in [1.165, 1.54) is 0 Å². The Morgan fingerprint density at radius 3 is 2.16 bits per heavy atom. The minimum Gasteiger partial charge on any atom is -0.325 e. The summed E-state index contributed by atoms with van der Waals surface area (Å²) in [6.45, 7) is 0. The van der Waals surface area contributed by atoms with E-state index in [1.807, 2.05) is 0 Å². The lowest BCUT2D eigenvalue weighted by atomic mass is 10.2. The maximum absolute atomic E-state index is 11.8. The van der Waals surface area contributed by atoms with Gasteiger partial charge in [0.15, 0.2) is 0 Å². The molecule has 0 bridgehead atoms. The Kier molecular flexibility index (Phi) is 7.31. The van der Waals surface area contributed by atoms with Crippen LogP contribution in [0.4, 0.5) is 5.69 Å². The minimum atomic E-state index is -0.403. The summed E-state index contributed by atoms with van der Waals surface area (Å²) >= 11 is 6.90. The van der Waals surface area contributed by atoms with Crippen molar-refractivity contribution >= 4 is 46.8 Å². The van der Waals surface area contributed by atoms with E-state index >= 15 is 0 Å². The monoisotopic (exact) mass is 377 g/mol. The molecule has 130 valence electrons. The van der Waals surface area contributed by atoms with Crippen molar-refractivity contribution in [3.8, 4) is 0 Å². The van der Waals surface area contributed by atoms with Gasteiger partial charge >= 0.3 is 0 Å². The number of anilines is 1. The molecule has 0 aromatic heterocycles. The third kappa shape index (κ3) is 6.86. The maximum atomic E-state index is 11.8. The predicted octanol–water partition coefficient (Wildman–Crippen LogP) is 2.47. The fourth-order valence-corrected chi connectivity index (χ4v) is 2.53. The van der Waals surface area contributed by atoms with E-state index in [1.54, 1.807) is 54.6 Å². The minimum absolute atomic E-state index is 0.0447. The molecule has 2 aromatic rings. The molecule has 0 radical (unpaired) electrons. The van der Waals surface area contributed by atoms with E-state index in [9.17, 15) is 14.4 Å². The standard InChI is InChI=1S/C17H16ClN3O3S/c18-13-6-8-14(9-7-13)19-15(22)10-25-11-16(23)20-21-17(24)12-4-2-1-3-5-12/h1-9H,10-11H2,(H,19,22)(H,20,23)(H,21,24). The Hall–Kier alpha value is -2.51. The van der Waals surface area contributed by atoms with Gasteiger partial charge in [-0.25, -0.2) is 0 Å². The second-order valence-electron chi connectivity index (χ2n) is 4.92. The van der Waals surface area contributed by atoms with E-state index in [2.05, 4.69) is 16.2 Å². The van der Waals surface area contributed by atoms with Gasteiger partial charge in [-0.1, -0.05) is 29.8 Å². The van der Waals surface area contributed by atoms with Gasteiger partial charge in [0.1, 0.15) is 0 Å². The van der Waals surface area contributed by atoms with Crippen LogP contribution in [0.3, 0.4) is 0 Å². The van der Waals surface area contributed by atoms with Crippen molar-refractivity contribution < 1.29 is 14.4 Å². The van der Waals surface area contributed by atoms with Crippen molar-refractivity contribution in [1.29, 1.82) is 0 Å². The van der Waals surface area contributed by atoms with Crippen LogP contribution < -0.4 is 16.2 Å². The highest BCUT2D eigenvalue weighted by Crippen LogP contribution is 2.13. The number of thioether (sulfide) groups is 1. The first kappa shape index (κ1) is 18.8. The number of carbonyl (C=O) groups is 3. The number of hydrazine groups is 1. The number of benzene rings is 2. The van der Waals surface area contributed by atoms with Gasteiger partial charge in [0.05, 0.1) is 11.5 Å². The van der Waals surface area contributed by atoms with Crippen LogP contribution in [-0.2, 0) is 9.59 Å². The number of hydrogen-bond donors (Lipinski definition) is 3. The number of amides is 3. The average Bonchev–Trinajstić information content (AvgIpc) is 2.62. The number of halogens is 1. The first-order chi connectivity index (χ1) is 12.0. The SMILES string of the molecule is O=C(CSCC(=O)Nc1ccc(Cl)cc1)NNC(=O)c1ccccc1. The Balaban J connectivity index is 1.64. The number of nitrogens with one attached hydrogen (secondary N) is 3. The van der Waals surface area contributed by atoms with E-state index < -0.39 is 11.8 Å². The molecule has 3 N–H and O–H groups in total. The molecule has 8 heteroatoms. The molecule has 0 aliphatic rings. The molecular formula is C17H16ClN3O3S. The lowest BCUT2D eigenvalue weighted by Crippen LogP contribution is -2.42. The topological polar surface area (TPSA) is 87.3 Å². The molecule has 0 fully saturated rings. The number of rotatable bonds is 6. The van der Waals surface area contributed by atoms with Gasteiger partial charge in [0.25, 0.3) is 5.91 Å². The third-order valence-corrected chi connectivity index (χ3v) is 4.13. The summed E-state index contributed by atoms with van der Waals surface area (Å²) in [4.78, 5) is 35.2. The molecule has 2 aromatic carbocycles. The van der Waals surface area contributed by atoms with Crippen LogP contribution in [0.1, 0.15) is 10.4 Å². The van der Waals surface area contributed by atoms with Gasteiger partial charge in [0, 0.05) is 16.3 Å². The van der Waals surface area contributed by atoms with E-state index in [0.717, 1.165) is 11.8 Å². The molecule has 0 aliphatic carbocycles. The summed E-state index contributed by atoms with van der Waals surface area (Å²) in [7, 11) is 0. The van der Waals surface area contributed by atoms with Gasteiger partial charge in [-0.3, -0.25) is 25.2 Å². The maximum Gasteiger partial charge on any atom is 0.269 e. The van der Waals surface area contributed by atoms with Crippen LogP contribution in [0, 0.1) is 0 Å². The van der Waals surface area contributed by atoms with Gasteiger partial charge in [-0.05, 0) is 36.4 Å². The highest BCUT2D eigenvalue weighted by atomic mass is 35.5. The smallest absolute Gasteiger partial charge is 0.269 e. The first-order valence-corrected chi connectivity index (χ1v) is 8.85. The summed E-state index contributed by atoms with van der Waals surface area (Å²) in [5.41, 5.74) is 5.70. The molecule has 6 nitrogen and oxygen atoms in total. The molecule has 3 amide bonds. The zero-order chi connectivity index (χ0) is 18.1. The average molecular weight is 378 g/mol.